The lowest BCUT2D eigenvalue weighted by molar-refractivity contribution is 0.131. The molecule has 0 aliphatic heterocycles. The van der Waals surface area contributed by atoms with E-state index in [1.807, 2.05) is 19.2 Å². The second-order valence-corrected chi connectivity index (χ2v) is 3.96. The minimum atomic E-state index is 0.419. The van der Waals surface area contributed by atoms with Crippen molar-refractivity contribution in [1.82, 2.24) is 4.98 Å². The predicted molar refractivity (Wildman–Crippen MR) is 60.7 cm³/mol. The Bertz CT molecular complexity index is 313. The van der Waals surface area contributed by atoms with E-state index in [9.17, 15) is 0 Å². The maximum atomic E-state index is 5.64. The third kappa shape index (κ3) is 3.98. The molecule has 0 aliphatic rings. The summed E-state index contributed by atoms with van der Waals surface area (Å²) in [6, 6.07) is 3.59. The third-order valence-corrected chi connectivity index (χ3v) is 2.40. The van der Waals surface area contributed by atoms with E-state index in [2.05, 4.69) is 10.1 Å². The first-order chi connectivity index (χ1) is 6.72. The molecule has 0 aromatic carbocycles. The lowest BCUT2D eigenvalue weighted by Gasteiger charge is -2.00. The fraction of sp³-hybridized carbons (Fsp3) is 0.333. The molecule has 76 valence electrons. The van der Waals surface area contributed by atoms with Crippen molar-refractivity contribution in [2.24, 2.45) is 5.16 Å². The van der Waals surface area contributed by atoms with Gasteiger partial charge in [0, 0.05) is 11.8 Å². The number of hydrogen-bond donors (Lipinski definition) is 0. The third-order valence-electron chi connectivity index (χ3n) is 1.51. The van der Waals surface area contributed by atoms with E-state index in [1.54, 1.807) is 24.0 Å². The van der Waals surface area contributed by atoms with Gasteiger partial charge in [0.25, 0.3) is 0 Å². The molecule has 1 heterocycles. The lowest BCUT2D eigenvalue weighted by atomic mass is 10.3. The number of hydrogen-bond acceptors (Lipinski definition) is 4. The van der Waals surface area contributed by atoms with Crippen molar-refractivity contribution in [1.29, 1.82) is 0 Å². The average Bonchev–Trinajstić information content (AvgIpc) is 2.21. The van der Waals surface area contributed by atoms with Crippen molar-refractivity contribution in [2.75, 3.05) is 6.26 Å². The number of thioether (sulfide) groups is 1. The summed E-state index contributed by atoms with van der Waals surface area (Å²) in [7, 11) is 0. The Balaban J connectivity index is 2.42. The summed E-state index contributed by atoms with van der Waals surface area (Å²) < 4.78 is 0. The summed E-state index contributed by atoms with van der Waals surface area (Å²) in [5, 5.41) is 5.26. The summed E-state index contributed by atoms with van der Waals surface area (Å²) in [5.41, 5.74) is 0.951. The molecule has 0 fully saturated rings. The van der Waals surface area contributed by atoms with Gasteiger partial charge in [0.15, 0.2) is 0 Å². The molecule has 0 radical (unpaired) electrons. The Hall–Kier alpha value is -0.740. The van der Waals surface area contributed by atoms with Crippen LogP contribution in [0.1, 0.15) is 12.5 Å². The summed E-state index contributed by atoms with van der Waals surface area (Å²) in [4.78, 5) is 9.03. The molecule has 1 aromatic heterocycles. The first-order valence-electron chi connectivity index (χ1n) is 4.03. The van der Waals surface area contributed by atoms with Crippen molar-refractivity contribution in [3.63, 3.8) is 0 Å². The van der Waals surface area contributed by atoms with Crippen LogP contribution in [0.3, 0.4) is 0 Å². The second kappa shape index (κ2) is 5.88. The fourth-order valence-corrected chi connectivity index (χ4v) is 0.966. The van der Waals surface area contributed by atoms with Crippen LogP contribution >= 0.6 is 23.4 Å². The van der Waals surface area contributed by atoms with Crippen LogP contribution in [-0.4, -0.2) is 16.3 Å². The topological polar surface area (TPSA) is 34.5 Å². The molecule has 0 spiro atoms. The van der Waals surface area contributed by atoms with E-state index in [0.29, 0.717) is 11.8 Å². The highest BCUT2D eigenvalue weighted by molar-refractivity contribution is 8.13. The predicted octanol–water partition coefficient (Wildman–Crippen LogP) is 2.95. The van der Waals surface area contributed by atoms with Crippen LogP contribution in [-0.2, 0) is 11.4 Å². The standard InChI is InChI=1S/C9H11ClN2OS/c1-7(14-2)12-13-6-8-3-4-9(10)11-5-8/h3-5H,6H2,1-2H3. The van der Waals surface area contributed by atoms with Gasteiger partial charge >= 0.3 is 0 Å². The van der Waals surface area contributed by atoms with Crippen molar-refractivity contribution in [2.45, 2.75) is 13.5 Å². The number of halogens is 1. The molecule has 0 saturated heterocycles. The zero-order chi connectivity index (χ0) is 10.4. The van der Waals surface area contributed by atoms with Crippen molar-refractivity contribution >= 4 is 28.4 Å². The monoisotopic (exact) mass is 230 g/mol. The van der Waals surface area contributed by atoms with E-state index in [4.69, 9.17) is 16.4 Å². The Morgan fingerprint density at radius 2 is 2.43 bits per heavy atom. The van der Waals surface area contributed by atoms with Gasteiger partial charge in [-0.1, -0.05) is 22.8 Å². The summed E-state index contributed by atoms with van der Waals surface area (Å²) >= 11 is 7.19. The van der Waals surface area contributed by atoms with Crippen LogP contribution in [0.25, 0.3) is 0 Å². The van der Waals surface area contributed by atoms with Gasteiger partial charge in [0.2, 0.25) is 0 Å². The zero-order valence-electron chi connectivity index (χ0n) is 8.03. The molecule has 0 bridgehead atoms. The van der Waals surface area contributed by atoms with Crippen LogP contribution < -0.4 is 0 Å². The zero-order valence-corrected chi connectivity index (χ0v) is 9.60. The second-order valence-electron chi connectivity index (χ2n) is 2.58. The van der Waals surface area contributed by atoms with Gasteiger partial charge in [-0.2, -0.15) is 0 Å². The number of oxime groups is 1. The van der Waals surface area contributed by atoms with E-state index in [-0.39, 0.29) is 0 Å². The summed E-state index contributed by atoms with van der Waals surface area (Å²) in [5.74, 6) is 0. The van der Waals surface area contributed by atoms with Crippen LogP contribution in [0, 0.1) is 0 Å². The molecule has 0 N–H and O–H groups in total. The summed E-state index contributed by atoms with van der Waals surface area (Å²) in [6.45, 7) is 2.31. The highest BCUT2D eigenvalue weighted by atomic mass is 35.5. The highest BCUT2D eigenvalue weighted by Gasteiger charge is 1.94. The van der Waals surface area contributed by atoms with Crippen LogP contribution in [0.2, 0.25) is 5.15 Å². The van der Waals surface area contributed by atoms with Gasteiger partial charge in [0.05, 0.1) is 0 Å². The maximum absolute atomic E-state index is 5.64. The van der Waals surface area contributed by atoms with Gasteiger partial charge in [-0.3, -0.25) is 0 Å². The van der Waals surface area contributed by atoms with E-state index in [1.165, 1.54) is 0 Å². The molecular formula is C9H11ClN2OS. The smallest absolute Gasteiger partial charge is 0.143 e. The molecule has 0 amide bonds. The van der Waals surface area contributed by atoms with E-state index in [0.717, 1.165) is 10.6 Å². The van der Waals surface area contributed by atoms with Gasteiger partial charge in [-0.15, -0.1) is 11.8 Å². The quantitative estimate of drug-likeness (QED) is 0.347. The average molecular weight is 231 g/mol. The molecule has 3 nitrogen and oxygen atoms in total. The Labute approximate surface area is 92.5 Å². The molecule has 0 saturated carbocycles. The maximum Gasteiger partial charge on any atom is 0.143 e. The first kappa shape index (κ1) is 11.3. The van der Waals surface area contributed by atoms with Crippen LogP contribution in [0.4, 0.5) is 0 Å². The molecule has 0 aliphatic carbocycles. The number of aromatic nitrogens is 1. The van der Waals surface area contributed by atoms with Crippen LogP contribution in [0.5, 0.6) is 0 Å². The Kier molecular flexibility index (Phi) is 4.76. The van der Waals surface area contributed by atoms with Crippen molar-refractivity contribution in [3.05, 3.63) is 29.0 Å². The first-order valence-corrected chi connectivity index (χ1v) is 5.63. The molecule has 1 rings (SSSR count). The molecular weight excluding hydrogens is 220 g/mol. The van der Waals surface area contributed by atoms with E-state index < -0.39 is 0 Å². The summed E-state index contributed by atoms with van der Waals surface area (Å²) in [6.07, 6.45) is 3.62. The molecule has 0 atom stereocenters. The van der Waals surface area contributed by atoms with Crippen molar-refractivity contribution < 1.29 is 4.84 Å². The fourth-order valence-electron chi connectivity index (χ4n) is 0.727. The van der Waals surface area contributed by atoms with Gasteiger partial charge in [0.1, 0.15) is 16.8 Å². The minimum Gasteiger partial charge on any atom is -0.390 e. The number of pyridine rings is 1. The van der Waals surface area contributed by atoms with Gasteiger partial charge < -0.3 is 4.84 Å². The number of rotatable bonds is 3. The molecule has 0 unspecified atom stereocenters. The molecule has 5 heteroatoms. The molecule has 1 aromatic rings. The van der Waals surface area contributed by atoms with Crippen molar-refractivity contribution in [3.8, 4) is 0 Å². The van der Waals surface area contributed by atoms with Crippen LogP contribution in [0.15, 0.2) is 23.5 Å². The van der Waals surface area contributed by atoms with E-state index >= 15 is 0 Å². The normalized spacial score (nSPS) is 11.5. The largest absolute Gasteiger partial charge is 0.390 e. The lowest BCUT2D eigenvalue weighted by Crippen LogP contribution is -1.90. The SMILES string of the molecule is CSC(C)=NOCc1ccc(Cl)nc1. The highest BCUT2D eigenvalue weighted by Crippen LogP contribution is 2.07. The molecule has 14 heavy (non-hydrogen) atoms. The minimum absolute atomic E-state index is 0.419. The Morgan fingerprint density at radius 3 is 3.00 bits per heavy atom. The Morgan fingerprint density at radius 1 is 1.64 bits per heavy atom. The number of nitrogens with zero attached hydrogens (tertiary/aromatic N) is 2. The van der Waals surface area contributed by atoms with Gasteiger partial charge in [-0.05, 0) is 19.2 Å². The van der Waals surface area contributed by atoms with Gasteiger partial charge in [-0.25, -0.2) is 4.98 Å².